The maximum Gasteiger partial charge on any atom is 0.491 e. The van der Waals surface area contributed by atoms with Crippen molar-refractivity contribution in [2.45, 2.75) is 18.6 Å². The Morgan fingerprint density at radius 1 is 1.03 bits per heavy atom. The van der Waals surface area contributed by atoms with Gasteiger partial charge in [-0.25, -0.2) is 9.59 Å². The number of hydrogen-bond acceptors (Lipinski definition) is 7. The van der Waals surface area contributed by atoms with Crippen LogP contribution in [0.2, 0.25) is 0 Å². The summed E-state index contributed by atoms with van der Waals surface area (Å²) in [7, 11) is 0. The molecule has 9 nitrogen and oxygen atoms in total. The Bertz CT molecular complexity index is 992. The second kappa shape index (κ2) is 10.4. The van der Waals surface area contributed by atoms with Gasteiger partial charge in [-0.15, -0.1) is 0 Å². The van der Waals surface area contributed by atoms with Gasteiger partial charge in [-0.3, -0.25) is 10.2 Å². The molecule has 0 radical (unpaired) electrons. The zero-order chi connectivity index (χ0) is 23.9. The van der Waals surface area contributed by atoms with Crippen LogP contribution in [-0.2, 0) is 25.5 Å². The number of nitrogens with two attached hydrogens (primary N) is 2. The van der Waals surface area contributed by atoms with Gasteiger partial charge in [0.05, 0.1) is 0 Å². The number of carbonyl (C=O) groups is 3. The minimum Gasteiger partial charge on any atom is -0.484 e. The van der Waals surface area contributed by atoms with Gasteiger partial charge in [-0.2, -0.15) is 13.2 Å². The molecule has 6 N–H and O–H groups in total. The van der Waals surface area contributed by atoms with E-state index in [4.69, 9.17) is 21.6 Å². The predicted molar refractivity (Wildman–Crippen MR) is 107 cm³/mol. The minimum atomic E-state index is -5.29. The molecule has 0 aliphatic carbocycles. The van der Waals surface area contributed by atoms with Crippen LogP contribution in [0.1, 0.15) is 11.1 Å². The highest BCUT2D eigenvalue weighted by molar-refractivity contribution is 5.95. The number of amidine groups is 1. The van der Waals surface area contributed by atoms with Gasteiger partial charge in [-0.05, 0) is 48.4 Å². The number of anilines is 1. The fraction of sp³-hybridized carbons (Fsp3) is 0.200. The van der Waals surface area contributed by atoms with E-state index in [2.05, 4.69) is 10.1 Å². The molecule has 1 atom stereocenters. The molecule has 0 aliphatic rings. The molecule has 0 fully saturated rings. The number of halogens is 3. The van der Waals surface area contributed by atoms with Crippen molar-refractivity contribution in [1.82, 2.24) is 0 Å². The lowest BCUT2D eigenvalue weighted by Crippen LogP contribution is -2.38. The molecule has 2 rings (SSSR count). The van der Waals surface area contributed by atoms with Crippen molar-refractivity contribution in [1.29, 1.82) is 5.41 Å². The number of carbonyl (C=O) groups excluding carboxylic acids is 3. The zero-order valence-corrected chi connectivity index (χ0v) is 16.4. The van der Waals surface area contributed by atoms with Crippen LogP contribution in [0.5, 0.6) is 5.75 Å². The van der Waals surface area contributed by atoms with E-state index in [0.717, 1.165) is 0 Å². The summed E-state index contributed by atoms with van der Waals surface area (Å²) in [6, 6.07) is 10.8. The van der Waals surface area contributed by atoms with E-state index in [1.807, 2.05) is 0 Å². The number of benzene rings is 2. The van der Waals surface area contributed by atoms with E-state index in [0.29, 0.717) is 22.6 Å². The van der Waals surface area contributed by atoms with Gasteiger partial charge in [-0.1, -0.05) is 12.1 Å². The third kappa shape index (κ3) is 7.40. The van der Waals surface area contributed by atoms with Gasteiger partial charge >= 0.3 is 18.1 Å². The van der Waals surface area contributed by atoms with Crippen LogP contribution in [0.15, 0.2) is 48.5 Å². The number of ether oxygens (including phenoxy) is 2. The van der Waals surface area contributed by atoms with Gasteiger partial charge in [0.25, 0.3) is 5.91 Å². The Hall–Kier alpha value is -3.93. The van der Waals surface area contributed by atoms with Crippen molar-refractivity contribution in [2.75, 3.05) is 11.9 Å². The number of nitrogens with one attached hydrogen (secondary N) is 2. The number of esters is 2. The molecular weight excluding hydrogens is 433 g/mol. The average molecular weight is 452 g/mol. The number of alkyl halides is 3. The third-order valence-corrected chi connectivity index (χ3v) is 3.96. The first kappa shape index (κ1) is 24.3. The van der Waals surface area contributed by atoms with E-state index in [1.165, 1.54) is 24.3 Å². The van der Waals surface area contributed by atoms with E-state index in [1.54, 1.807) is 24.3 Å². The van der Waals surface area contributed by atoms with Crippen molar-refractivity contribution in [3.05, 3.63) is 59.7 Å². The number of nitrogen functional groups attached to an aromatic ring is 1. The Labute approximate surface area is 180 Å². The SMILES string of the molecule is N=C(N)c1ccc(OCC(=O)Nc2ccc(CC(N)C(=O)OC(=O)C(F)(F)F)cc2)cc1. The average Bonchev–Trinajstić information content (AvgIpc) is 2.73. The van der Waals surface area contributed by atoms with Crippen molar-refractivity contribution in [3.63, 3.8) is 0 Å². The fourth-order valence-corrected chi connectivity index (χ4v) is 2.36. The first-order chi connectivity index (χ1) is 15.0. The standard InChI is InChI=1S/C20H19F3N4O5/c21-20(22,23)19(30)32-18(29)15(24)9-11-1-5-13(6-2-11)27-16(28)10-31-14-7-3-12(4-8-14)17(25)26/h1-8,15H,9-10,24H2,(H3,25,26)(H,27,28). The van der Waals surface area contributed by atoms with E-state index < -0.39 is 30.1 Å². The van der Waals surface area contributed by atoms with Crippen molar-refractivity contribution in [2.24, 2.45) is 11.5 Å². The largest absolute Gasteiger partial charge is 0.491 e. The highest BCUT2D eigenvalue weighted by Crippen LogP contribution is 2.17. The van der Waals surface area contributed by atoms with Gasteiger partial charge in [0, 0.05) is 11.3 Å². The van der Waals surface area contributed by atoms with Crippen LogP contribution in [-0.4, -0.2) is 42.5 Å². The van der Waals surface area contributed by atoms with Crippen LogP contribution in [0.25, 0.3) is 0 Å². The Morgan fingerprint density at radius 2 is 1.62 bits per heavy atom. The molecule has 0 saturated carbocycles. The molecule has 0 aromatic heterocycles. The molecule has 0 aliphatic heterocycles. The van der Waals surface area contributed by atoms with Crippen molar-refractivity contribution < 1.29 is 37.0 Å². The topological polar surface area (TPSA) is 158 Å². The summed E-state index contributed by atoms with van der Waals surface area (Å²) in [5.41, 5.74) is 12.2. The molecule has 0 bridgehead atoms. The molecular formula is C20H19F3N4O5. The second-order valence-corrected chi connectivity index (χ2v) is 6.49. The van der Waals surface area contributed by atoms with Crippen LogP contribution >= 0.6 is 0 Å². The summed E-state index contributed by atoms with van der Waals surface area (Å²) < 4.78 is 45.4. The summed E-state index contributed by atoms with van der Waals surface area (Å²) >= 11 is 0. The third-order valence-electron chi connectivity index (χ3n) is 3.96. The lowest BCUT2D eigenvalue weighted by atomic mass is 10.1. The maximum absolute atomic E-state index is 12.1. The molecule has 1 amide bonds. The minimum absolute atomic E-state index is 0.0922. The van der Waals surface area contributed by atoms with Crippen LogP contribution in [0, 0.1) is 5.41 Å². The molecule has 2 aromatic rings. The molecule has 0 heterocycles. The van der Waals surface area contributed by atoms with Crippen LogP contribution in [0.4, 0.5) is 18.9 Å². The summed E-state index contributed by atoms with van der Waals surface area (Å²) in [5.74, 6) is -4.28. The normalized spacial score (nSPS) is 11.9. The Kier molecular flexibility index (Phi) is 7.91. The Morgan fingerprint density at radius 3 is 2.16 bits per heavy atom. The molecule has 2 aromatic carbocycles. The number of amides is 1. The number of hydrogen-bond donors (Lipinski definition) is 4. The monoisotopic (exact) mass is 452 g/mol. The smallest absolute Gasteiger partial charge is 0.484 e. The fourth-order valence-electron chi connectivity index (χ4n) is 2.36. The van der Waals surface area contributed by atoms with Gasteiger partial charge < -0.3 is 26.3 Å². The van der Waals surface area contributed by atoms with E-state index >= 15 is 0 Å². The van der Waals surface area contributed by atoms with E-state index in [-0.39, 0.29) is 18.9 Å². The lowest BCUT2D eigenvalue weighted by molar-refractivity contribution is -0.202. The molecule has 0 saturated heterocycles. The van der Waals surface area contributed by atoms with E-state index in [9.17, 15) is 27.6 Å². The molecule has 32 heavy (non-hydrogen) atoms. The van der Waals surface area contributed by atoms with Crippen LogP contribution in [0.3, 0.4) is 0 Å². The maximum atomic E-state index is 12.1. The van der Waals surface area contributed by atoms with Gasteiger partial charge in [0.1, 0.15) is 17.6 Å². The summed E-state index contributed by atoms with van der Waals surface area (Å²) in [6.45, 7) is -0.287. The Balaban J connectivity index is 1.82. The highest BCUT2D eigenvalue weighted by atomic mass is 19.4. The second-order valence-electron chi connectivity index (χ2n) is 6.49. The molecule has 12 heteroatoms. The first-order valence-electron chi connectivity index (χ1n) is 9.00. The summed E-state index contributed by atoms with van der Waals surface area (Å²) in [4.78, 5) is 34.2. The number of rotatable bonds is 8. The lowest BCUT2D eigenvalue weighted by Gasteiger charge is -2.12. The molecule has 0 spiro atoms. The predicted octanol–water partition coefficient (Wildman–Crippen LogP) is 1.49. The zero-order valence-electron chi connectivity index (χ0n) is 16.4. The molecule has 1 unspecified atom stereocenters. The van der Waals surface area contributed by atoms with Crippen molar-refractivity contribution >= 4 is 29.4 Å². The first-order valence-corrected chi connectivity index (χ1v) is 9.00. The summed E-state index contributed by atoms with van der Waals surface area (Å²) in [6.07, 6.45) is -5.48. The highest BCUT2D eigenvalue weighted by Gasteiger charge is 2.43. The molecule has 170 valence electrons. The van der Waals surface area contributed by atoms with Crippen molar-refractivity contribution in [3.8, 4) is 5.75 Å². The quantitative estimate of drug-likeness (QED) is 0.204. The van der Waals surface area contributed by atoms with Gasteiger partial charge in [0.2, 0.25) is 0 Å². The van der Waals surface area contributed by atoms with Crippen LogP contribution < -0.4 is 21.5 Å². The summed E-state index contributed by atoms with van der Waals surface area (Å²) in [5, 5.41) is 9.89. The van der Waals surface area contributed by atoms with Gasteiger partial charge in [0.15, 0.2) is 6.61 Å².